The number of hydrogen-bond donors (Lipinski definition) is 0. The van der Waals surface area contributed by atoms with Gasteiger partial charge in [-0.15, -0.1) is 18.9 Å². The van der Waals surface area contributed by atoms with E-state index in [0.29, 0.717) is 36.5 Å². The summed E-state index contributed by atoms with van der Waals surface area (Å²) in [5, 5.41) is 0. The molecule has 1 atom stereocenters. The Morgan fingerprint density at radius 3 is 2.17 bits per heavy atom. The van der Waals surface area contributed by atoms with Crippen LogP contribution in [0.1, 0.15) is 135 Å². The molecule has 1 nitrogen and oxygen atoms in total. The van der Waals surface area contributed by atoms with Crippen molar-refractivity contribution in [2.75, 3.05) is 0 Å². The second-order valence-corrected chi connectivity index (χ2v) is 14.7. The molecule has 0 saturated heterocycles. The fourth-order valence-electron chi connectivity index (χ4n) is 7.52. The van der Waals surface area contributed by atoms with Crippen LogP contribution in [0.25, 0.3) is 0 Å². The molecule has 2 aromatic carbocycles. The SMILES string of the molecule is C#CCc1c(CC=C)c(CC2CC2)c(CC(=O)c2ccc(Br)cc2)c(C(C2CCCCC2)C(C)(C)C)c1C(C)C. The molecule has 2 aromatic rings. The van der Waals surface area contributed by atoms with E-state index >= 15 is 0 Å². The van der Waals surface area contributed by atoms with Crippen LogP contribution in [0.15, 0.2) is 41.4 Å². The van der Waals surface area contributed by atoms with Crippen LogP contribution in [-0.4, -0.2) is 5.78 Å². The number of halogens is 1. The Bertz CT molecular complexity index is 1240. The van der Waals surface area contributed by atoms with E-state index in [1.54, 1.807) is 0 Å². The molecule has 214 valence electrons. The topological polar surface area (TPSA) is 17.1 Å². The first-order valence-corrected chi connectivity index (χ1v) is 16.4. The predicted molar refractivity (Wildman–Crippen MR) is 174 cm³/mol. The lowest BCUT2D eigenvalue weighted by molar-refractivity contribution is 0.0991. The van der Waals surface area contributed by atoms with Crippen molar-refractivity contribution in [2.24, 2.45) is 17.3 Å². The first-order chi connectivity index (χ1) is 19.1. The van der Waals surface area contributed by atoms with Gasteiger partial charge in [-0.3, -0.25) is 4.79 Å². The summed E-state index contributed by atoms with van der Waals surface area (Å²) in [5.74, 6) is 5.32. The van der Waals surface area contributed by atoms with Gasteiger partial charge in [-0.05, 0) is 113 Å². The number of Topliss-reactive ketones (excluding diaryl/α,β-unsaturated/α-hetero) is 1. The molecule has 2 heteroatoms. The third-order valence-electron chi connectivity index (χ3n) is 9.30. The Balaban J connectivity index is 2.07. The maximum Gasteiger partial charge on any atom is 0.167 e. The van der Waals surface area contributed by atoms with Crippen LogP contribution in [0.2, 0.25) is 0 Å². The monoisotopic (exact) mass is 600 g/mol. The lowest BCUT2D eigenvalue weighted by Crippen LogP contribution is -2.32. The van der Waals surface area contributed by atoms with Crippen LogP contribution in [-0.2, 0) is 25.7 Å². The van der Waals surface area contributed by atoms with Gasteiger partial charge in [0.1, 0.15) is 0 Å². The third kappa shape index (κ3) is 7.02. The van der Waals surface area contributed by atoms with Gasteiger partial charge in [0, 0.05) is 22.9 Å². The summed E-state index contributed by atoms with van der Waals surface area (Å²) in [7, 11) is 0. The highest BCUT2D eigenvalue weighted by molar-refractivity contribution is 9.10. The zero-order valence-corrected chi connectivity index (χ0v) is 27.1. The molecule has 0 aromatic heterocycles. The predicted octanol–water partition coefficient (Wildman–Crippen LogP) is 10.6. The smallest absolute Gasteiger partial charge is 0.167 e. The molecule has 2 saturated carbocycles. The summed E-state index contributed by atoms with van der Waals surface area (Å²) in [6.45, 7) is 16.1. The fourth-order valence-corrected chi connectivity index (χ4v) is 7.79. The van der Waals surface area contributed by atoms with Crippen molar-refractivity contribution >= 4 is 21.7 Å². The molecule has 0 spiro atoms. The van der Waals surface area contributed by atoms with Crippen LogP contribution in [0.5, 0.6) is 0 Å². The molecule has 40 heavy (non-hydrogen) atoms. The van der Waals surface area contributed by atoms with Crippen molar-refractivity contribution in [1.29, 1.82) is 0 Å². The van der Waals surface area contributed by atoms with Crippen molar-refractivity contribution in [1.82, 2.24) is 0 Å². The van der Waals surface area contributed by atoms with Gasteiger partial charge in [-0.2, -0.15) is 0 Å². The summed E-state index contributed by atoms with van der Waals surface area (Å²) in [4.78, 5) is 14.1. The van der Waals surface area contributed by atoms with Gasteiger partial charge in [-0.1, -0.05) is 88.0 Å². The van der Waals surface area contributed by atoms with Crippen LogP contribution in [0.3, 0.4) is 0 Å². The standard InChI is InChI=1S/C38H49BrO/c1-8-13-30-31(14-9-2)35(25(3)4)36(37(38(5,6)7)28-15-11-10-12-16-28)33(32(30)23-26-17-18-26)24-34(40)27-19-21-29(39)22-20-27/h2,8,19-22,25-26,28,37H,1,10-18,23-24H2,3-7H3. The summed E-state index contributed by atoms with van der Waals surface area (Å²) >= 11 is 3.54. The lowest BCUT2D eigenvalue weighted by atomic mass is 9.61. The molecular formula is C38H49BrO. The number of ketones is 1. The summed E-state index contributed by atoms with van der Waals surface area (Å²) in [6.07, 6.45) is 20.2. The minimum absolute atomic E-state index is 0.0747. The highest BCUT2D eigenvalue weighted by atomic mass is 79.9. The van der Waals surface area contributed by atoms with Gasteiger partial charge in [-0.25, -0.2) is 0 Å². The van der Waals surface area contributed by atoms with Gasteiger partial charge in [0.2, 0.25) is 0 Å². The number of carbonyl (C=O) groups is 1. The zero-order chi connectivity index (χ0) is 29.0. The highest BCUT2D eigenvalue weighted by Crippen LogP contribution is 2.52. The molecule has 2 aliphatic rings. The van der Waals surface area contributed by atoms with E-state index in [-0.39, 0.29) is 11.2 Å². The first kappa shape index (κ1) is 30.8. The maximum absolute atomic E-state index is 14.1. The number of rotatable bonds is 11. The van der Waals surface area contributed by atoms with Crippen LogP contribution >= 0.6 is 15.9 Å². The van der Waals surface area contributed by atoms with E-state index in [4.69, 9.17) is 6.42 Å². The van der Waals surface area contributed by atoms with E-state index in [9.17, 15) is 4.79 Å². The molecule has 1 unspecified atom stereocenters. The van der Waals surface area contributed by atoms with E-state index < -0.39 is 0 Å². The van der Waals surface area contributed by atoms with Crippen molar-refractivity contribution in [3.05, 3.63) is 80.3 Å². The molecule has 0 bridgehead atoms. The number of carbonyl (C=O) groups excluding carboxylic acids is 1. The molecular weight excluding hydrogens is 552 g/mol. The minimum Gasteiger partial charge on any atom is -0.294 e. The van der Waals surface area contributed by atoms with Crippen molar-refractivity contribution in [3.63, 3.8) is 0 Å². The number of hydrogen-bond acceptors (Lipinski definition) is 1. The van der Waals surface area contributed by atoms with Crippen LogP contribution in [0, 0.1) is 29.6 Å². The average Bonchev–Trinajstić information content (AvgIpc) is 3.72. The molecule has 0 amide bonds. The van der Waals surface area contributed by atoms with Gasteiger partial charge in [0.25, 0.3) is 0 Å². The number of benzene rings is 2. The largest absolute Gasteiger partial charge is 0.294 e. The minimum atomic E-state index is 0.0747. The first-order valence-electron chi connectivity index (χ1n) is 15.6. The molecule has 0 radical (unpaired) electrons. The van der Waals surface area contributed by atoms with Crippen molar-refractivity contribution in [2.45, 2.75) is 117 Å². The fraction of sp³-hybridized carbons (Fsp3) is 0.553. The Hall–Kier alpha value is -2.11. The van der Waals surface area contributed by atoms with Gasteiger partial charge >= 0.3 is 0 Å². The summed E-state index contributed by atoms with van der Waals surface area (Å²) in [5.41, 5.74) is 9.24. The molecule has 4 rings (SSSR count). The Morgan fingerprint density at radius 1 is 1.00 bits per heavy atom. The normalized spacial score (nSPS) is 17.1. The molecule has 2 fully saturated rings. The zero-order valence-electron chi connectivity index (χ0n) is 25.5. The second-order valence-electron chi connectivity index (χ2n) is 13.8. The number of allylic oxidation sites excluding steroid dienone is 1. The summed E-state index contributed by atoms with van der Waals surface area (Å²) in [6, 6.07) is 7.90. The molecule has 0 N–H and O–H groups in total. The van der Waals surface area contributed by atoms with E-state index in [1.807, 2.05) is 30.3 Å². The van der Waals surface area contributed by atoms with Gasteiger partial charge < -0.3 is 0 Å². The Labute approximate surface area is 252 Å². The summed E-state index contributed by atoms with van der Waals surface area (Å²) < 4.78 is 0.998. The highest BCUT2D eigenvalue weighted by Gasteiger charge is 2.40. The average molecular weight is 602 g/mol. The van der Waals surface area contributed by atoms with Crippen LogP contribution in [0.4, 0.5) is 0 Å². The molecule has 2 aliphatic carbocycles. The maximum atomic E-state index is 14.1. The van der Waals surface area contributed by atoms with Gasteiger partial charge in [0.05, 0.1) is 0 Å². The molecule has 0 aliphatic heterocycles. The lowest BCUT2D eigenvalue weighted by Gasteiger charge is -2.43. The van der Waals surface area contributed by atoms with Crippen LogP contribution < -0.4 is 0 Å². The van der Waals surface area contributed by atoms with Gasteiger partial charge in [0.15, 0.2) is 5.78 Å². The van der Waals surface area contributed by atoms with Crippen molar-refractivity contribution < 1.29 is 4.79 Å². The third-order valence-corrected chi connectivity index (χ3v) is 9.83. The quantitative estimate of drug-likeness (QED) is 0.142. The van der Waals surface area contributed by atoms with Crippen molar-refractivity contribution in [3.8, 4) is 12.3 Å². The second kappa shape index (κ2) is 13.2. The van der Waals surface area contributed by atoms with E-state index in [0.717, 1.165) is 22.9 Å². The van der Waals surface area contributed by atoms with E-state index in [2.05, 4.69) is 63.0 Å². The Morgan fingerprint density at radius 2 is 1.65 bits per heavy atom. The number of terminal acetylenes is 1. The van der Waals surface area contributed by atoms with E-state index in [1.165, 1.54) is 78.3 Å². The molecule has 0 heterocycles. The Kier molecular flexibility index (Phi) is 10.2.